The summed E-state index contributed by atoms with van der Waals surface area (Å²) >= 11 is 0. The predicted molar refractivity (Wildman–Crippen MR) is 210 cm³/mol. The lowest BCUT2D eigenvalue weighted by Crippen LogP contribution is -2.45. The lowest BCUT2D eigenvalue weighted by molar-refractivity contribution is -0.224. The van der Waals surface area contributed by atoms with Crippen molar-refractivity contribution in [3.05, 3.63) is 124 Å². The minimum atomic E-state index is -5.38. The van der Waals surface area contributed by atoms with Crippen LogP contribution in [0.25, 0.3) is 11.1 Å². The topological polar surface area (TPSA) is 92.8 Å². The molecule has 0 saturated carbocycles. The molecule has 19 heteroatoms. The largest absolute Gasteiger partial charge is 0.509 e. The molecular weight excluding hydrogens is 872 g/mol. The molecule has 1 aliphatic rings. The van der Waals surface area contributed by atoms with Gasteiger partial charge in [0.2, 0.25) is 0 Å². The Morgan fingerprint density at radius 2 is 1.33 bits per heavy atom. The summed E-state index contributed by atoms with van der Waals surface area (Å²) in [5, 5.41) is 0. The number of methoxy groups -OCH3 is 1. The maximum Gasteiger partial charge on any atom is 0.509 e. The number of halogens is 10. The SMILES string of the molecule is COc1cc(F)c(C(C)C)cc1-c1ccc(C(F)(F)F)cc1CN(C(=O)OC(C)(C)C)[C@@H](C)[C@H](OC(=O)OC1COC(c2ccccc2)OC1)c1cc(C(F)(F)F)cc(C(F)(F)F)c1. The first-order chi connectivity index (χ1) is 29.7. The van der Waals surface area contributed by atoms with E-state index in [1.165, 1.54) is 33.9 Å². The minimum Gasteiger partial charge on any atom is -0.496 e. The molecule has 0 bridgehead atoms. The Balaban J connectivity index is 1.65. The molecule has 0 aromatic heterocycles. The molecule has 0 spiro atoms. The average Bonchev–Trinajstić information content (AvgIpc) is 3.20. The number of hydrogen-bond acceptors (Lipinski definition) is 8. The first-order valence-corrected chi connectivity index (χ1v) is 19.7. The van der Waals surface area contributed by atoms with Gasteiger partial charge in [0.05, 0.1) is 49.6 Å². The van der Waals surface area contributed by atoms with Crippen LogP contribution in [0.5, 0.6) is 5.75 Å². The number of rotatable bonds is 11. The first kappa shape index (κ1) is 49.5. The van der Waals surface area contributed by atoms with E-state index in [9.17, 15) is 49.1 Å². The number of hydrogen-bond donors (Lipinski definition) is 0. The zero-order valence-electron chi connectivity index (χ0n) is 35.5. The number of carbonyl (C=O) groups excluding carboxylic acids is 2. The third-order valence-electron chi connectivity index (χ3n) is 9.93. The van der Waals surface area contributed by atoms with Gasteiger partial charge >= 0.3 is 30.8 Å². The molecule has 1 aliphatic heterocycles. The molecule has 64 heavy (non-hydrogen) atoms. The quantitative estimate of drug-likeness (QED) is 0.108. The van der Waals surface area contributed by atoms with Crippen molar-refractivity contribution in [3.63, 3.8) is 0 Å². The highest BCUT2D eigenvalue weighted by Gasteiger charge is 2.42. The lowest BCUT2D eigenvalue weighted by atomic mass is 9.91. The monoisotopic (exact) mass is 917 g/mol. The summed E-state index contributed by atoms with van der Waals surface area (Å²) in [6.45, 7) is 7.18. The third-order valence-corrected chi connectivity index (χ3v) is 9.93. The second-order valence-electron chi connectivity index (χ2n) is 16.2. The summed E-state index contributed by atoms with van der Waals surface area (Å²) in [4.78, 5) is 28.5. The molecule has 1 fully saturated rings. The van der Waals surface area contributed by atoms with Crippen LogP contribution in [0, 0.1) is 5.82 Å². The van der Waals surface area contributed by atoms with E-state index >= 15 is 4.39 Å². The highest BCUT2D eigenvalue weighted by atomic mass is 19.4. The molecule has 4 aromatic carbocycles. The highest BCUT2D eigenvalue weighted by Crippen LogP contribution is 2.43. The number of nitrogens with zero attached hydrogens (tertiary/aromatic N) is 1. The molecule has 348 valence electrons. The van der Waals surface area contributed by atoms with Crippen molar-refractivity contribution in [1.82, 2.24) is 4.90 Å². The van der Waals surface area contributed by atoms with Crippen LogP contribution < -0.4 is 4.74 Å². The summed E-state index contributed by atoms with van der Waals surface area (Å²) in [6.07, 6.45) is -23.0. The van der Waals surface area contributed by atoms with E-state index in [0.717, 1.165) is 25.1 Å². The minimum absolute atomic E-state index is 0.0334. The van der Waals surface area contributed by atoms with Crippen molar-refractivity contribution in [2.24, 2.45) is 0 Å². The maximum atomic E-state index is 15.2. The van der Waals surface area contributed by atoms with Gasteiger partial charge in [-0.05, 0) is 92.3 Å². The maximum absolute atomic E-state index is 15.2. The van der Waals surface area contributed by atoms with E-state index in [2.05, 4.69) is 0 Å². The van der Waals surface area contributed by atoms with Crippen LogP contribution in [-0.4, -0.2) is 55.2 Å². The molecule has 1 saturated heterocycles. The van der Waals surface area contributed by atoms with E-state index in [-0.39, 0.29) is 59.4 Å². The Labute approximate surface area is 362 Å². The molecule has 0 aliphatic carbocycles. The second-order valence-corrected chi connectivity index (χ2v) is 16.2. The molecular formula is C45H45F10NO8. The van der Waals surface area contributed by atoms with Crippen LogP contribution in [0.2, 0.25) is 0 Å². The number of carbonyl (C=O) groups is 2. The third kappa shape index (κ3) is 12.4. The lowest BCUT2D eigenvalue weighted by Gasteiger charge is -2.37. The van der Waals surface area contributed by atoms with Gasteiger partial charge < -0.3 is 28.4 Å². The Bertz CT molecular complexity index is 2230. The van der Waals surface area contributed by atoms with Gasteiger partial charge in [-0.15, -0.1) is 0 Å². The Hall–Kier alpha value is -5.56. The first-order valence-electron chi connectivity index (χ1n) is 19.7. The van der Waals surface area contributed by atoms with Crippen LogP contribution in [0.1, 0.15) is 98.8 Å². The Morgan fingerprint density at radius 3 is 1.84 bits per heavy atom. The number of ether oxygens (including phenoxy) is 6. The van der Waals surface area contributed by atoms with Gasteiger partial charge in [0, 0.05) is 17.2 Å². The van der Waals surface area contributed by atoms with Crippen LogP contribution in [-0.2, 0) is 48.8 Å². The molecule has 9 nitrogen and oxygen atoms in total. The fourth-order valence-corrected chi connectivity index (χ4v) is 6.81. The van der Waals surface area contributed by atoms with E-state index < -0.39 is 101 Å². The van der Waals surface area contributed by atoms with Crippen LogP contribution >= 0.6 is 0 Å². The van der Waals surface area contributed by atoms with Gasteiger partial charge in [-0.3, -0.25) is 4.90 Å². The van der Waals surface area contributed by atoms with Crippen molar-refractivity contribution >= 4 is 12.2 Å². The van der Waals surface area contributed by atoms with Crippen LogP contribution in [0.15, 0.2) is 78.9 Å². The highest BCUT2D eigenvalue weighted by molar-refractivity contribution is 5.76. The summed E-state index contributed by atoms with van der Waals surface area (Å²) in [5.74, 6) is -1.26. The van der Waals surface area contributed by atoms with Crippen molar-refractivity contribution in [1.29, 1.82) is 0 Å². The van der Waals surface area contributed by atoms with Gasteiger partial charge in [0.25, 0.3) is 0 Å². The molecule has 1 heterocycles. The zero-order valence-corrected chi connectivity index (χ0v) is 35.5. The molecule has 2 atom stereocenters. The Morgan fingerprint density at radius 1 is 0.750 bits per heavy atom. The summed E-state index contributed by atoms with van der Waals surface area (Å²) in [6, 6.07) is 12.0. The fourth-order valence-electron chi connectivity index (χ4n) is 6.81. The van der Waals surface area contributed by atoms with Crippen LogP contribution in [0.3, 0.4) is 0 Å². The standard InChI is InChI=1S/C45H45F10NO8/c1-24(2)34-19-35(37(59-7)20-36(34)46)33-14-13-29(43(47,48)49)17-28(33)21-56(40(57)64-42(4,5)6)25(3)38(27-15-30(44(50,51)52)18-31(16-27)45(53,54)55)63-41(58)62-32-22-60-39(61-23-32)26-11-9-8-10-12-26/h8-20,24-25,32,38-39H,21-23H2,1-7H3/t25-,32?,38-,39?/m0/s1. The van der Waals surface area contributed by atoms with Crippen molar-refractivity contribution < 1.29 is 81.9 Å². The van der Waals surface area contributed by atoms with E-state index in [1.807, 2.05) is 0 Å². The molecule has 0 radical (unpaired) electrons. The molecule has 0 unspecified atom stereocenters. The fraction of sp³-hybridized carbons (Fsp3) is 0.422. The summed E-state index contributed by atoms with van der Waals surface area (Å²) in [5.41, 5.74) is -6.61. The van der Waals surface area contributed by atoms with Crippen molar-refractivity contribution in [3.8, 4) is 16.9 Å². The molecule has 1 amide bonds. The average molecular weight is 918 g/mol. The normalized spacial score (nSPS) is 17.1. The van der Waals surface area contributed by atoms with Gasteiger partial charge in [-0.2, -0.15) is 39.5 Å². The molecule has 0 N–H and O–H groups in total. The van der Waals surface area contributed by atoms with Gasteiger partial charge in [0.15, 0.2) is 18.5 Å². The zero-order chi connectivity index (χ0) is 47.5. The summed E-state index contributed by atoms with van der Waals surface area (Å²) < 4.78 is 177. The summed E-state index contributed by atoms with van der Waals surface area (Å²) in [7, 11) is 1.19. The number of amides is 1. The Kier molecular flexibility index (Phi) is 14.9. The van der Waals surface area contributed by atoms with E-state index in [4.69, 9.17) is 28.4 Å². The van der Waals surface area contributed by atoms with E-state index in [0.29, 0.717) is 16.5 Å². The second kappa shape index (κ2) is 19.3. The van der Waals surface area contributed by atoms with Crippen molar-refractivity contribution in [2.45, 2.75) is 103 Å². The molecule has 5 rings (SSSR count). The number of benzene rings is 4. The van der Waals surface area contributed by atoms with E-state index in [1.54, 1.807) is 44.2 Å². The smallest absolute Gasteiger partial charge is 0.496 e. The predicted octanol–water partition coefficient (Wildman–Crippen LogP) is 12.8. The van der Waals surface area contributed by atoms with Crippen LogP contribution in [0.4, 0.5) is 53.5 Å². The van der Waals surface area contributed by atoms with Gasteiger partial charge in [0.1, 0.15) is 17.2 Å². The van der Waals surface area contributed by atoms with Gasteiger partial charge in [-0.25, -0.2) is 14.0 Å². The van der Waals surface area contributed by atoms with Crippen molar-refractivity contribution in [2.75, 3.05) is 20.3 Å². The number of alkyl halides is 9. The van der Waals surface area contributed by atoms with Gasteiger partial charge in [-0.1, -0.05) is 50.2 Å². The molecule has 4 aromatic rings.